The average molecular weight is 566 g/mol. The number of benzene rings is 3. The number of thiocarbonyl (C=S) groups is 1. The fraction of sp³-hybridized carbons (Fsp3) is 0.192. The molecule has 0 spiro atoms. The van der Waals surface area contributed by atoms with Crippen LogP contribution >= 0.6 is 12.2 Å². The molecule has 2 saturated heterocycles. The van der Waals surface area contributed by atoms with Crippen LogP contribution < -0.4 is 15.0 Å². The fourth-order valence-electron chi connectivity index (χ4n) is 4.92. The van der Waals surface area contributed by atoms with Gasteiger partial charge in [0.1, 0.15) is 5.75 Å². The molecule has 6 nitrogen and oxygen atoms in total. The predicted molar refractivity (Wildman–Crippen MR) is 129 cm³/mol. The summed E-state index contributed by atoms with van der Waals surface area (Å²) in [6, 6.07) is 13.5. The van der Waals surface area contributed by atoms with E-state index < -0.39 is 57.2 Å². The maximum absolute atomic E-state index is 14.2. The lowest BCUT2D eigenvalue weighted by atomic mass is 9.72. The highest BCUT2D eigenvalue weighted by Gasteiger charge is 2.78. The van der Waals surface area contributed by atoms with E-state index in [0.717, 1.165) is 0 Å². The number of carbonyl (C=O) groups is 2. The lowest BCUT2D eigenvalue weighted by Crippen LogP contribution is -2.55. The summed E-state index contributed by atoms with van der Waals surface area (Å²) in [5, 5.41) is 2.06. The molecule has 2 aliphatic rings. The number of nitrogens with zero attached hydrogens (tertiary/aromatic N) is 1. The number of halogens is 6. The molecule has 0 radical (unpaired) electrons. The predicted octanol–water partition coefficient (Wildman–Crippen LogP) is 5.30. The van der Waals surface area contributed by atoms with Crippen molar-refractivity contribution in [1.29, 1.82) is 0 Å². The van der Waals surface area contributed by atoms with Crippen molar-refractivity contribution in [1.82, 2.24) is 5.32 Å². The van der Waals surface area contributed by atoms with Crippen molar-refractivity contribution in [3.63, 3.8) is 0 Å². The first-order valence-corrected chi connectivity index (χ1v) is 11.6. The van der Waals surface area contributed by atoms with Gasteiger partial charge in [0.25, 0.3) is 22.6 Å². The molecular formula is C26H16F6N2O4S. The Morgan fingerprint density at radius 3 is 1.90 bits per heavy atom. The Bertz CT molecular complexity index is 1460. The minimum atomic E-state index is -5.23. The van der Waals surface area contributed by atoms with Gasteiger partial charge in [0.15, 0.2) is 5.54 Å². The zero-order valence-electron chi connectivity index (χ0n) is 19.7. The molecule has 0 unspecified atom stereocenters. The number of rotatable bonds is 4. The molecule has 0 aliphatic carbocycles. The van der Waals surface area contributed by atoms with Crippen LogP contribution in [0, 0.1) is 0 Å². The minimum absolute atomic E-state index is 0.0192. The third kappa shape index (κ3) is 3.82. The molecule has 2 aliphatic heterocycles. The molecule has 0 aromatic heterocycles. The molecule has 2 amide bonds. The summed E-state index contributed by atoms with van der Waals surface area (Å²) < 4.78 is 93.7. The Morgan fingerprint density at radius 1 is 0.821 bits per heavy atom. The van der Waals surface area contributed by atoms with Crippen molar-refractivity contribution in [2.45, 2.75) is 23.5 Å². The Kier molecular flexibility index (Phi) is 5.90. The molecule has 0 bridgehead atoms. The highest BCUT2D eigenvalue weighted by Crippen LogP contribution is 2.56. The maximum Gasteiger partial charge on any atom is 0.416 e. The van der Waals surface area contributed by atoms with E-state index in [1.165, 1.54) is 55.6 Å². The van der Waals surface area contributed by atoms with Crippen LogP contribution in [0.1, 0.15) is 22.3 Å². The van der Waals surface area contributed by atoms with E-state index in [-0.39, 0.29) is 17.3 Å². The number of alkyl halides is 6. The van der Waals surface area contributed by atoms with Gasteiger partial charge in [-0.3, -0.25) is 9.59 Å². The van der Waals surface area contributed by atoms with Gasteiger partial charge in [0.2, 0.25) is 0 Å². The van der Waals surface area contributed by atoms with Gasteiger partial charge in [0, 0.05) is 5.56 Å². The number of methoxy groups -OCH3 is 1. The SMILES string of the molecule is COc1ccc(N2C(=O)[C@]3(c4ccccc4)NC(=S)O[C@]3(c3cc(C(F)(F)F)cc(C(F)(F)F)c3)C2=O)cc1. The second kappa shape index (κ2) is 8.70. The number of carbonyl (C=O) groups excluding carboxylic acids is 2. The van der Waals surface area contributed by atoms with E-state index >= 15 is 0 Å². The molecule has 13 heteroatoms. The number of imide groups is 1. The average Bonchev–Trinajstić information content (AvgIpc) is 3.31. The van der Waals surface area contributed by atoms with Gasteiger partial charge in [-0.25, -0.2) is 4.90 Å². The van der Waals surface area contributed by atoms with Crippen LogP contribution in [0.25, 0.3) is 0 Å². The van der Waals surface area contributed by atoms with Gasteiger partial charge in [-0.1, -0.05) is 30.3 Å². The van der Waals surface area contributed by atoms with E-state index in [1.807, 2.05) is 0 Å². The summed E-state index contributed by atoms with van der Waals surface area (Å²) in [5.41, 5.74) is -9.31. The second-order valence-corrected chi connectivity index (χ2v) is 9.12. The molecule has 1 N–H and O–H groups in total. The Labute approximate surface area is 222 Å². The van der Waals surface area contributed by atoms with Crippen molar-refractivity contribution in [2.24, 2.45) is 0 Å². The Morgan fingerprint density at radius 2 is 1.38 bits per heavy atom. The van der Waals surface area contributed by atoms with Crippen molar-refractivity contribution >= 4 is 34.9 Å². The van der Waals surface area contributed by atoms with Gasteiger partial charge in [-0.2, -0.15) is 26.3 Å². The molecule has 2 fully saturated rings. The first kappa shape index (κ1) is 26.5. The Balaban J connectivity index is 1.86. The van der Waals surface area contributed by atoms with Gasteiger partial charge in [-0.15, -0.1) is 0 Å². The monoisotopic (exact) mass is 566 g/mol. The van der Waals surface area contributed by atoms with Gasteiger partial charge in [-0.05, 0) is 60.2 Å². The zero-order valence-corrected chi connectivity index (χ0v) is 20.5. The number of ether oxygens (including phenoxy) is 2. The molecule has 5 rings (SSSR count). The molecule has 39 heavy (non-hydrogen) atoms. The van der Waals surface area contributed by atoms with E-state index in [2.05, 4.69) is 5.32 Å². The molecule has 3 aromatic carbocycles. The topological polar surface area (TPSA) is 67.9 Å². The van der Waals surface area contributed by atoms with Gasteiger partial charge >= 0.3 is 12.4 Å². The summed E-state index contributed by atoms with van der Waals surface area (Å²) in [6.07, 6.45) is -10.5. The van der Waals surface area contributed by atoms with Crippen molar-refractivity contribution in [3.05, 3.63) is 95.1 Å². The number of anilines is 1. The van der Waals surface area contributed by atoms with Crippen molar-refractivity contribution in [3.8, 4) is 5.75 Å². The first-order chi connectivity index (χ1) is 18.3. The third-order valence-corrected chi connectivity index (χ3v) is 6.81. The Hall–Kier alpha value is -4.13. The van der Waals surface area contributed by atoms with Crippen LogP contribution in [-0.2, 0) is 37.8 Å². The van der Waals surface area contributed by atoms with E-state index in [1.54, 1.807) is 6.07 Å². The quantitative estimate of drug-likeness (QED) is 0.263. The standard InChI is InChI=1S/C26H16F6N2O4S/c1-37-19-9-7-18(8-10-19)34-20(35)23(14-5-3-2-4-6-14)24(21(34)36,38-22(39)33-23)15-11-16(25(27,28)29)13-17(12-15)26(30,31)32/h2-13H,1H3,(H,33,39)/t23-,24+/m0/s1. The van der Waals surface area contributed by atoms with Crippen LogP contribution in [0.2, 0.25) is 0 Å². The molecular weight excluding hydrogens is 550 g/mol. The number of hydrogen-bond donors (Lipinski definition) is 1. The van der Waals surface area contributed by atoms with E-state index in [4.69, 9.17) is 21.7 Å². The molecule has 202 valence electrons. The zero-order chi connectivity index (χ0) is 28.4. The smallest absolute Gasteiger partial charge is 0.416 e. The van der Waals surface area contributed by atoms with Crippen LogP contribution in [0.4, 0.5) is 32.0 Å². The number of hydrogen-bond acceptors (Lipinski definition) is 5. The summed E-state index contributed by atoms with van der Waals surface area (Å²) in [4.78, 5) is 29.0. The fourth-order valence-corrected chi connectivity index (χ4v) is 5.20. The molecule has 0 saturated carbocycles. The van der Waals surface area contributed by atoms with Gasteiger partial charge < -0.3 is 14.8 Å². The summed E-state index contributed by atoms with van der Waals surface area (Å²) in [6.45, 7) is 0. The molecule has 2 heterocycles. The summed E-state index contributed by atoms with van der Waals surface area (Å²) in [7, 11) is 1.38. The first-order valence-electron chi connectivity index (χ1n) is 11.2. The van der Waals surface area contributed by atoms with Crippen molar-refractivity contribution < 1.29 is 45.4 Å². The molecule has 2 atom stereocenters. The highest BCUT2D eigenvalue weighted by atomic mass is 32.1. The summed E-state index contributed by atoms with van der Waals surface area (Å²) >= 11 is 5.11. The lowest BCUT2D eigenvalue weighted by molar-refractivity contribution is -0.144. The van der Waals surface area contributed by atoms with Crippen LogP contribution in [0.15, 0.2) is 72.8 Å². The maximum atomic E-state index is 14.2. The van der Waals surface area contributed by atoms with Crippen LogP contribution in [0.3, 0.4) is 0 Å². The third-order valence-electron chi connectivity index (χ3n) is 6.62. The van der Waals surface area contributed by atoms with Crippen molar-refractivity contribution in [2.75, 3.05) is 12.0 Å². The second-order valence-electron chi connectivity index (χ2n) is 8.75. The van der Waals surface area contributed by atoms with E-state index in [0.29, 0.717) is 22.8 Å². The normalized spacial score (nSPS) is 22.9. The number of fused-ring (bicyclic) bond motifs is 1. The van der Waals surface area contributed by atoms with E-state index in [9.17, 15) is 35.9 Å². The minimum Gasteiger partial charge on any atom is -0.497 e. The highest BCUT2D eigenvalue weighted by molar-refractivity contribution is 7.80. The largest absolute Gasteiger partial charge is 0.497 e. The molecule has 3 aromatic rings. The van der Waals surface area contributed by atoms with Crippen LogP contribution in [-0.4, -0.2) is 24.1 Å². The number of amides is 2. The van der Waals surface area contributed by atoms with Gasteiger partial charge in [0.05, 0.1) is 23.9 Å². The lowest BCUT2D eigenvalue weighted by Gasteiger charge is -2.34. The number of nitrogens with one attached hydrogen (secondary N) is 1. The summed E-state index contributed by atoms with van der Waals surface area (Å²) in [5.74, 6) is -1.88. The van der Waals surface area contributed by atoms with Crippen LogP contribution in [0.5, 0.6) is 5.75 Å².